The number of anilines is 1. The number of rotatable bonds is 9. The highest BCUT2D eigenvalue weighted by molar-refractivity contribution is 5.89. The van der Waals surface area contributed by atoms with Crippen molar-refractivity contribution >= 4 is 11.7 Å². The Bertz CT molecular complexity index is 961. The third-order valence-corrected chi connectivity index (χ3v) is 5.23. The SMILES string of the molecule is CCC(C)N(Cc1ccc(OCc2ccccc2)c(OC)c1)C(=O)Nc1ccccc1. The van der Waals surface area contributed by atoms with E-state index in [0.29, 0.717) is 24.7 Å². The Hall–Kier alpha value is -3.47. The summed E-state index contributed by atoms with van der Waals surface area (Å²) in [6.07, 6.45) is 0.859. The van der Waals surface area contributed by atoms with Gasteiger partial charge in [-0.15, -0.1) is 0 Å². The highest BCUT2D eigenvalue weighted by Gasteiger charge is 2.20. The minimum atomic E-state index is -0.121. The number of hydrogen-bond donors (Lipinski definition) is 1. The largest absolute Gasteiger partial charge is 0.493 e. The van der Waals surface area contributed by atoms with E-state index in [1.807, 2.05) is 83.8 Å². The van der Waals surface area contributed by atoms with Crippen molar-refractivity contribution < 1.29 is 14.3 Å². The average molecular weight is 419 g/mol. The van der Waals surface area contributed by atoms with Gasteiger partial charge in [-0.2, -0.15) is 0 Å². The van der Waals surface area contributed by atoms with Crippen LogP contribution in [0.1, 0.15) is 31.4 Å². The quantitative estimate of drug-likeness (QED) is 0.456. The summed E-state index contributed by atoms with van der Waals surface area (Å²) in [7, 11) is 1.63. The van der Waals surface area contributed by atoms with Crippen LogP contribution in [0.15, 0.2) is 78.9 Å². The fourth-order valence-corrected chi connectivity index (χ4v) is 3.23. The first-order valence-electron chi connectivity index (χ1n) is 10.6. The van der Waals surface area contributed by atoms with Gasteiger partial charge in [-0.1, -0.05) is 61.5 Å². The topological polar surface area (TPSA) is 50.8 Å². The summed E-state index contributed by atoms with van der Waals surface area (Å²) in [6, 6.07) is 25.3. The van der Waals surface area contributed by atoms with Crippen molar-refractivity contribution in [1.82, 2.24) is 4.90 Å². The summed E-state index contributed by atoms with van der Waals surface area (Å²) in [5, 5.41) is 2.99. The normalized spacial score (nSPS) is 11.5. The van der Waals surface area contributed by atoms with E-state index in [1.54, 1.807) is 7.11 Å². The molecule has 5 nitrogen and oxygen atoms in total. The molecule has 3 aromatic carbocycles. The van der Waals surface area contributed by atoms with Crippen molar-refractivity contribution in [3.63, 3.8) is 0 Å². The van der Waals surface area contributed by atoms with Crippen LogP contribution in [-0.2, 0) is 13.2 Å². The fourth-order valence-electron chi connectivity index (χ4n) is 3.23. The molecule has 0 saturated carbocycles. The zero-order valence-corrected chi connectivity index (χ0v) is 18.4. The van der Waals surface area contributed by atoms with E-state index in [1.165, 1.54) is 0 Å². The Morgan fingerprint density at radius 1 is 0.935 bits per heavy atom. The van der Waals surface area contributed by atoms with Crippen molar-refractivity contribution in [2.75, 3.05) is 12.4 Å². The number of ether oxygens (including phenoxy) is 2. The van der Waals surface area contributed by atoms with E-state index < -0.39 is 0 Å². The Kier molecular flexibility index (Phi) is 7.93. The lowest BCUT2D eigenvalue weighted by Crippen LogP contribution is -2.40. The Morgan fingerprint density at radius 2 is 1.61 bits per heavy atom. The minimum Gasteiger partial charge on any atom is -0.493 e. The first-order valence-corrected chi connectivity index (χ1v) is 10.6. The number of benzene rings is 3. The van der Waals surface area contributed by atoms with E-state index in [2.05, 4.69) is 19.2 Å². The van der Waals surface area contributed by atoms with Gasteiger partial charge in [-0.25, -0.2) is 4.79 Å². The second kappa shape index (κ2) is 11.1. The molecule has 0 spiro atoms. The molecule has 1 N–H and O–H groups in total. The first-order chi connectivity index (χ1) is 15.1. The lowest BCUT2D eigenvalue weighted by atomic mass is 10.1. The number of carbonyl (C=O) groups excluding carboxylic acids is 1. The number of amides is 2. The van der Waals surface area contributed by atoms with Crippen LogP contribution in [0.25, 0.3) is 0 Å². The van der Waals surface area contributed by atoms with Crippen LogP contribution in [0, 0.1) is 0 Å². The third kappa shape index (κ3) is 6.25. The van der Waals surface area contributed by atoms with Gasteiger partial charge in [0.15, 0.2) is 11.5 Å². The molecule has 3 aromatic rings. The maximum atomic E-state index is 13.0. The summed E-state index contributed by atoms with van der Waals surface area (Å²) in [4.78, 5) is 14.8. The molecule has 0 radical (unpaired) electrons. The van der Waals surface area contributed by atoms with E-state index >= 15 is 0 Å². The van der Waals surface area contributed by atoms with Crippen LogP contribution >= 0.6 is 0 Å². The summed E-state index contributed by atoms with van der Waals surface area (Å²) < 4.78 is 11.5. The number of urea groups is 1. The molecule has 0 aromatic heterocycles. The molecule has 0 aliphatic rings. The standard InChI is InChI=1S/C26H30N2O3/c1-4-20(2)28(26(29)27-23-13-9-6-10-14-23)18-22-15-16-24(25(17-22)30-3)31-19-21-11-7-5-8-12-21/h5-17,20H,4,18-19H2,1-3H3,(H,27,29). The van der Waals surface area contributed by atoms with Crippen LogP contribution in [0.2, 0.25) is 0 Å². The van der Waals surface area contributed by atoms with Gasteiger partial charge in [0.2, 0.25) is 0 Å². The number of hydrogen-bond acceptors (Lipinski definition) is 3. The number of nitrogens with zero attached hydrogens (tertiary/aromatic N) is 1. The Labute approximate surface area is 184 Å². The van der Waals surface area contributed by atoms with Gasteiger partial charge in [0.05, 0.1) is 7.11 Å². The molecular formula is C26H30N2O3. The van der Waals surface area contributed by atoms with Crippen LogP contribution in [-0.4, -0.2) is 24.1 Å². The zero-order chi connectivity index (χ0) is 22.1. The summed E-state index contributed by atoms with van der Waals surface area (Å²) in [5.74, 6) is 1.33. The maximum absolute atomic E-state index is 13.0. The molecule has 5 heteroatoms. The van der Waals surface area contributed by atoms with Gasteiger partial charge in [0.25, 0.3) is 0 Å². The summed E-state index contributed by atoms with van der Waals surface area (Å²) in [6.45, 7) is 5.08. The molecule has 3 rings (SSSR count). The van der Waals surface area contributed by atoms with Gasteiger partial charge in [-0.3, -0.25) is 0 Å². The monoisotopic (exact) mass is 418 g/mol. The van der Waals surface area contributed by atoms with Crippen LogP contribution in [0.3, 0.4) is 0 Å². The summed E-state index contributed by atoms with van der Waals surface area (Å²) >= 11 is 0. The average Bonchev–Trinajstić information content (AvgIpc) is 2.82. The lowest BCUT2D eigenvalue weighted by molar-refractivity contribution is 0.187. The first kappa shape index (κ1) is 22.2. The highest BCUT2D eigenvalue weighted by Crippen LogP contribution is 2.30. The third-order valence-electron chi connectivity index (χ3n) is 5.23. The van der Waals surface area contributed by atoms with E-state index in [-0.39, 0.29) is 12.1 Å². The van der Waals surface area contributed by atoms with E-state index in [9.17, 15) is 4.79 Å². The molecule has 1 unspecified atom stereocenters. The number of para-hydroxylation sites is 1. The summed E-state index contributed by atoms with van der Waals surface area (Å²) in [5.41, 5.74) is 2.85. The van der Waals surface area contributed by atoms with Crippen LogP contribution < -0.4 is 14.8 Å². The smallest absolute Gasteiger partial charge is 0.322 e. The molecule has 0 heterocycles. The van der Waals surface area contributed by atoms with Crippen molar-refractivity contribution in [2.24, 2.45) is 0 Å². The van der Waals surface area contributed by atoms with E-state index in [4.69, 9.17) is 9.47 Å². The number of carbonyl (C=O) groups is 1. The van der Waals surface area contributed by atoms with Crippen molar-refractivity contribution in [2.45, 2.75) is 39.5 Å². The zero-order valence-electron chi connectivity index (χ0n) is 18.4. The van der Waals surface area contributed by atoms with Crippen molar-refractivity contribution in [3.05, 3.63) is 90.0 Å². The molecule has 162 valence electrons. The van der Waals surface area contributed by atoms with Crippen LogP contribution in [0.5, 0.6) is 11.5 Å². The van der Waals surface area contributed by atoms with Gasteiger partial charge in [0, 0.05) is 18.3 Å². The molecule has 2 amide bonds. The molecule has 31 heavy (non-hydrogen) atoms. The second-order valence-electron chi connectivity index (χ2n) is 7.44. The fraction of sp³-hybridized carbons (Fsp3) is 0.269. The van der Waals surface area contributed by atoms with Crippen molar-refractivity contribution in [1.29, 1.82) is 0 Å². The number of methoxy groups -OCH3 is 1. The Morgan fingerprint density at radius 3 is 2.26 bits per heavy atom. The maximum Gasteiger partial charge on any atom is 0.322 e. The predicted octanol–water partition coefficient (Wildman–Crippen LogP) is 6.11. The molecule has 0 saturated heterocycles. The van der Waals surface area contributed by atoms with Gasteiger partial charge in [0.1, 0.15) is 6.61 Å². The number of nitrogens with one attached hydrogen (secondary N) is 1. The Balaban J connectivity index is 1.72. The van der Waals surface area contributed by atoms with Crippen molar-refractivity contribution in [3.8, 4) is 11.5 Å². The lowest BCUT2D eigenvalue weighted by Gasteiger charge is -2.29. The van der Waals surface area contributed by atoms with Gasteiger partial charge >= 0.3 is 6.03 Å². The molecule has 0 aliphatic carbocycles. The van der Waals surface area contributed by atoms with E-state index in [0.717, 1.165) is 23.2 Å². The van der Waals surface area contributed by atoms with Gasteiger partial charge < -0.3 is 19.7 Å². The second-order valence-corrected chi connectivity index (χ2v) is 7.44. The van der Waals surface area contributed by atoms with Crippen LogP contribution in [0.4, 0.5) is 10.5 Å². The minimum absolute atomic E-state index is 0.0868. The molecule has 0 bridgehead atoms. The molecular weight excluding hydrogens is 388 g/mol. The molecule has 0 fully saturated rings. The molecule has 1 atom stereocenters. The predicted molar refractivity (Wildman–Crippen MR) is 125 cm³/mol. The molecule has 0 aliphatic heterocycles. The van der Waals surface area contributed by atoms with Gasteiger partial charge in [-0.05, 0) is 48.7 Å². The highest BCUT2D eigenvalue weighted by atomic mass is 16.5.